The summed E-state index contributed by atoms with van der Waals surface area (Å²) < 4.78 is 16.4. The number of rotatable bonds is 15. The first-order valence-corrected chi connectivity index (χ1v) is 18.2. The van der Waals surface area contributed by atoms with E-state index in [1.807, 2.05) is 18.2 Å². The van der Waals surface area contributed by atoms with E-state index in [0.717, 1.165) is 23.8 Å². The van der Waals surface area contributed by atoms with Crippen LogP contribution in [0.1, 0.15) is 43.7 Å². The van der Waals surface area contributed by atoms with E-state index in [2.05, 4.69) is 36.4 Å². The summed E-state index contributed by atoms with van der Waals surface area (Å²) in [6, 6.07) is 3.40. The molecule has 2 aromatic rings. The van der Waals surface area contributed by atoms with Crippen molar-refractivity contribution in [3.63, 3.8) is 0 Å². The number of allylic oxidation sites excluding steroid dienone is 1. The maximum Gasteiger partial charge on any atom is 0.329 e. The van der Waals surface area contributed by atoms with E-state index in [4.69, 9.17) is 5.73 Å². The molecule has 1 aromatic carbocycles. The number of likely N-dealkylation sites (N-methyl/N-ethyl adjacent to an activating group) is 1. The van der Waals surface area contributed by atoms with E-state index in [-0.39, 0.29) is 49.0 Å². The van der Waals surface area contributed by atoms with E-state index >= 15 is 0 Å². The van der Waals surface area contributed by atoms with E-state index in [1.165, 1.54) is 17.8 Å². The van der Waals surface area contributed by atoms with Crippen molar-refractivity contribution >= 4 is 52.9 Å². The first-order chi connectivity index (χ1) is 26.1. The van der Waals surface area contributed by atoms with Gasteiger partial charge in [0.15, 0.2) is 5.84 Å². The first kappa shape index (κ1) is 37.9. The van der Waals surface area contributed by atoms with Crippen molar-refractivity contribution < 1.29 is 23.6 Å². The Morgan fingerprint density at radius 1 is 1.22 bits per heavy atom. The smallest absolute Gasteiger partial charge is 0.329 e. The summed E-state index contributed by atoms with van der Waals surface area (Å²) in [6.07, 6.45) is 7.36. The van der Waals surface area contributed by atoms with Gasteiger partial charge >= 0.3 is 11.7 Å². The number of benzene rings is 1. The van der Waals surface area contributed by atoms with Crippen LogP contribution in [-0.4, -0.2) is 126 Å². The molecule has 4 amide bonds. The Balaban J connectivity index is 0.969. The molecule has 18 heteroatoms. The van der Waals surface area contributed by atoms with Gasteiger partial charge in [0.25, 0.3) is 0 Å². The number of nitrogens with two attached hydrogens (primary N) is 1. The third-order valence-electron chi connectivity index (χ3n) is 10.1. The molecule has 0 bridgehead atoms. The van der Waals surface area contributed by atoms with E-state index in [9.17, 15) is 28.4 Å². The number of carbonyl (C=O) groups is 4. The number of hydrogen-bond donors (Lipinski definition) is 5. The SMILES string of the molecule is CN=C1C=C(/C(C=NC2CN(C(=O)NCCCCc3cccc4c3n(C)c(=O)n4C(CCC=O)C(=O)NC)C2)=C/N)NN2C1=NCC2C(=O)NC1CC1F. The maximum absolute atomic E-state index is 13.4. The molecule has 4 atom stereocenters. The van der Waals surface area contributed by atoms with Crippen LogP contribution in [0.5, 0.6) is 0 Å². The fourth-order valence-corrected chi connectivity index (χ4v) is 6.93. The number of nitrogens with one attached hydrogen (secondary N) is 4. The molecule has 288 valence electrons. The molecule has 1 saturated heterocycles. The van der Waals surface area contributed by atoms with Gasteiger partial charge in [-0.05, 0) is 43.4 Å². The van der Waals surface area contributed by atoms with Crippen LogP contribution in [0.3, 0.4) is 0 Å². The van der Waals surface area contributed by atoms with Gasteiger partial charge in [-0.1, -0.05) is 12.1 Å². The summed E-state index contributed by atoms with van der Waals surface area (Å²) in [4.78, 5) is 77.8. The van der Waals surface area contributed by atoms with Crippen LogP contribution in [-0.2, 0) is 27.9 Å². The maximum atomic E-state index is 13.4. The van der Waals surface area contributed by atoms with E-state index in [1.54, 1.807) is 40.9 Å². The second-order valence-electron chi connectivity index (χ2n) is 13.7. The van der Waals surface area contributed by atoms with Gasteiger partial charge in [-0.15, -0.1) is 0 Å². The van der Waals surface area contributed by atoms with Crippen LogP contribution in [0.2, 0.25) is 0 Å². The largest absolute Gasteiger partial charge is 0.404 e. The molecule has 2 fully saturated rings. The number of fused-ring (bicyclic) bond motifs is 2. The molecule has 17 nitrogen and oxygen atoms in total. The molecule has 6 rings (SSSR count). The molecule has 4 aliphatic rings. The van der Waals surface area contributed by atoms with Crippen LogP contribution >= 0.6 is 0 Å². The second kappa shape index (κ2) is 16.5. The summed E-state index contributed by atoms with van der Waals surface area (Å²) in [7, 11) is 4.82. The number of imidazole rings is 1. The van der Waals surface area contributed by atoms with Crippen LogP contribution in [0.15, 0.2) is 61.5 Å². The first-order valence-electron chi connectivity index (χ1n) is 18.2. The van der Waals surface area contributed by atoms with Gasteiger partial charge in [-0.2, -0.15) is 0 Å². The number of para-hydroxylation sites is 1. The topological polar surface area (TPSA) is 213 Å². The lowest BCUT2D eigenvalue weighted by atomic mass is 10.1. The van der Waals surface area contributed by atoms with Gasteiger partial charge in [0.05, 0.1) is 35.4 Å². The van der Waals surface area contributed by atoms with Crippen LogP contribution in [0.4, 0.5) is 9.18 Å². The average molecular weight is 747 g/mol. The third-order valence-corrected chi connectivity index (χ3v) is 10.1. The molecule has 0 radical (unpaired) electrons. The van der Waals surface area contributed by atoms with Crippen LogP contribution < -0.4 is 32.8 Å². The number of carbonyl (C=O) groups excluding carboxylic acids is 4. The number of alkyl halides is 1. The number of halogens is 1. The minimum atomic E-state index is -1.01. The lowest BCUT2D eigenvalue weighted by molar-refractivity contribution is -0.125. The number of likely N-dealkylation sites (tertiary alicyclic amines) is 1. The number of unbranched alkanes of at least 4 members (excludes halogenated alkanes) is 1. The van der Waals surface area contributed by atoms with Crippen molar-refractivity contribution in [3.8, 4) is 0 Å². The van der Waals surface area contributed by atoms with Crippen LogP contribution in [0, 0.1) is 0 Å². The number of hydrogen-bond acceptors (Lipinski definition) is 11. The Bertz CT molecular complexity index is 2010. The number of urea groups is 1. The van der Waals surface area contributed by atoms with Crippen LogP contribution in [0.25, 0.3) is 11.0 Å². The van der Waals surface area contributed by atoms with Crippen molar-refractivity contribution in [1.82, 2.24) is 40.4 Å². The zero-order chi connectivity index (χ0) is 38.5. The summed E-state index contributed by atoms with van der Waals surface area (Å²) in [5.74, 6) is -0.132. The Hall–Kier alpha value is -5.81. The zero-order valence-electron chi connectivity index (χ0n) is 30.6. The molecule has 54 heavy (non-hydrogen) atoms. The number of hydrazine groups is 1. The quantitative estimate of drug-likeness (QED) is 0.0950. The molecule has 6 N–H and O–H groups in total. The average Bonchev–Trinajstić information content (AvgIpc) is 3.56. The Kier molecular flexibility index (Phi) is 11.6. The molecule has 1 saturated carbocycles. The highest BCUT2D eigenvalue weighted by molar-refractivity contribution is 6.47. The van der Waals surface area contributed by atoms with E-state index in [0.29, 0.717) is 67.2 Å². The number of aromatic nitrogens is 2. The standard InChI is InChI=1S/C36H47FN12O5/c1-39-27-15-25(45-49-30(18-43-32(27)49)34(52)44-26-14-24(26)37)22(16-38)17-42-23-19-47(20-23)35(53)41-12-5-4-8-21-9-6-10-28-31(21)46(3)36(54)48(28)29(11-7-13-50)33(51)40-2/h6,9-10,13,15-17,23-24,26,29-30,45H,4-5,7-8,11-12,14,18-20,38H2,1-3H3,(H,40,51)(H,41,53)(H,44,52)/b22-16+,39-27?,42-17?. The lowest BCUT2D eigenvalue weighted by Gasteiger charge is -2.37. The summed E-state index contributed by atoms with van der Waals surface area (Å²) in [5, 5.41) is 9.92. The minimum absolute atomic E-state index is 0.121. The van der Waals surface area contributed by atoms with Crippen molar-refractivity contribution in [2.75, 3.05) is 40.3 Å². The highest BCUT2D eigenvalue weighted by Gasteiger charge is 2.44. The summed E-state index contributed by atoms with van der Waals surface area (Å²) in [5.41, 5.74) is 12.9. The number of aliphatic imine (C=N–C) groups is 3. The van der Waals surface area contributed by atoms with Crippen molar-refractivity contribution in [3.05, 3.63) is 57.8 Å². The monoisotopic (exact) mass is 746 g/mol. The molecular formula is C36H47FN12O5. The number of aldehydes is 1. The van der Waals surface area contributed by atoms with Gasteiger partial charge in [0.2, 0.25) is 11.8 Å². The van der Waals surface area contributed by atoms with Crippen molar-refractivity contribution in [2.45, 2.75) is 68.9 Å². The number of amidine groups is 1. The molecule has 1 aliphatic carbocycles. The molecular weight excluding hydrogens is 699 g/mol. The highest BCUT2D eigenvalue weighted by Crippen LogP contribution is 2.27. The second-order valence-corrected chi connectivity index (χ2v) is 13.7. The molecule has 1 aromatic heterocycles. The van der Waals surface area contributed by atoms with E-state index < -0.39 is 24.3 Å². The molecule has 3 aliphatic heterocycles. The predicted octanol–water partition coefficient (Wildman–Crippen LogP) is 0.0183. The number of nitrogens with zero attached hydrogens (tertiary/aromatic N) is 7. The Morgan fingerprint density at radius 2 is 2.00 bits per heavy atom. The van der Waals surface area contributed by atoms with Gasteiger partial charge in [0, 0.05) is 71.6 Å². The number of aryl methyl sites for hydroxylation is 2. The fraction of sp³-hybridized carbons (Fsp3) is 0.500. The van der Waals surface area contributed by atoms with Gasteiger partial charge in [-0.3, -0.25) is 44.1 Å². The lowest BCUT2D eigenvalue weighted by Crippen LogP contribution is -2.57. The normalized spacial score (nSPS) is 22.3. The van der Waals surface area contributed by atoms with Gasteiger partial charge in [0.1, 0.15) is 30.3 Å². The van der Waals surface area contributed by atoms with Gasteiger partial charge in [-0.25, -0.2) is 14.0 Å². The van der Waals surface area contributed by atoms with Gasteiger partial charge < -0.3 is 31.4 Å². The predicted molar refractivity (Wildman–Crippen MR) is 202 cm³/mol. The molecule has 4 heterocycles. The molecule has 4 unspecified atom stereocenters. The number of amides is 4. The van der Waals surface area contributed by atoms with Crippen molar-refractivity contribution in [2.24, 2.45) is 27.8 Å². The Labute approximate surface area is 311 Å². The highest BCUT2D eigenvalue weighted by atomic mass is 19.1. The fourth-order valence-electron chi connectivity index (χ4n) is 6.93. The summed E-state index contributed by atoms with van der Waals surface area (Å²) in [6.45, 7) is 1.55. The minimum Gasteiger partial charge on any atom is -0.404 e. The summed E-state index contributed by atoms with van der Waals surface area (Å²) >= 11 is 0. The molecule has 0 spiro atoms. The third kappa shape index (κ3) is 7.77. The Morgan fingerprint density at radius 3 is 2.69 bits per heavy atom. The zero-order valence-corrected chi connectivity index (χ0v) is 30.6. The van der Waals surface area contributed by atoms with Crippen molar-refractivity contribution in [1.29, 1.82) is 0 Å².